The van der Waals surface area contributed by atoms with Crippen molar-refractivity contribution in [2.24, 2.45) is 0 Å². The summed E-state index contributed by atoms with van der Waals surface area (Å²) in [5, 5.41) is 3.41. The Bertz CT molecular complexity index is 1140. The molecule has 0 aliphatic carbocycles. The van der Waals surface area contributed by atoms with Crippen molar-refractivity contribution in [3.05, 3.63) is 69.0 Å². The van der Waals surface area contributed by atoms with Gasteiger partial charge in [0.2, 0.25) is 5.43 Å². The van der Waals surface area contributed by atoms with E-state index in [4.69, 9.17) is 21.1 Å². The zero-order valence-corrected chi connectivity index (χ0v) is 16.2. The van der Waals surface area contributed by atoms with E-state index in [0.29, 0.717) is 34.0 Å². The van der Waals surface area contributed by atoms with Crippen molar-refractivity contribution in [1.82, 2.24) is 9.88 Å². The van der Waals surface area contributed by atoms with Gasteiger partial charge in [0.15, 0.2) is 0 Å². The van der Waals surface area contributed by atoms with Gasteiger partial charge in [0.25, 0.3) is 5.91 Å². The Labute approximate surface area is 166 Å². The van der Waals surface area contributed by atoms with E-state index < -0.39 is 11.3 Å². The van der Waals surface area contributed by atoms with Crippen LogP contribution in [0.3, 0.4) is 0 Å². The standard InChI is InChI=1S/C21H19ClN2O4/c1-12-10-24-11-15(20(25)18-16(22)6-7-17(28-12)19(18)24)21(26)23-9-13-4-3-5-14(8-13)27-2/h3-8,11-12H,9-10H2,1-2H3,(H,23,26)/t12-/m1/s1. The number of carbonyl (C=O) groups excluding carboxylic acids is 1. The first-order valence-corrected chi connectivity index (χ1v) is 9.29. The minimum atomic E-state index is -0.445. The first kappa shape index (κ1) is 18.4. The van der Waals surface area contributed by atoms with Crippen molar-refractivity contribution < 1.29 is 14.3 Å². The van der Waals surface area contributed by atoms with Gasteiger partial charge in [-0.3, -0.25) is 9.59 Å². The number of nitrogens with one attached hydrogen (secondary N) is 1. The van der Waals surface area contributed by atoms with E-state index in [2.05, 4.69) is 5.32 Å². The molecule has 2 heterocycles. The molecule has 1 N–H and O–H groups in total. The highest BCUT2D eigenvalue weighted by Gasteiger charge is 2.24. The highest BCUT2D eigenvalue weighted by atomic mass is 35.5. The van der Waals surface area contributed by atoms with Crippen molar-refractivity contribution >= 4 is 28.4 Å². The Hall–Kier alpha value is -2.99. The van der Waals surface area contributed by atoms with Crippen LogP contribution >= 0.6 is 11.6 Å². The SMILES string of the molecule is COc1cccc(CNC(=O)c2cn3c4c(ccc(Cl)c4c2=O)O[C@H](C)C3)c1. The molecule has 0 saturated carbocycles. The lowest BCUT2D eigenvalue weighted by atomic mass is 10.1. The number of nitrogens with zero attached hydrogens (tertiary/aromatic N) is 1. The topological polar surface area (TPSA) is 69.6 Å². The van der Waals surface area contributed by atoms with Gasteiger partial charge in [-0.25, -0.2) is 0 Å². The third-order valence-corrected chi connectivity index (χ3v) is 5.06. The minimum Gasteiger partial charge on any atom is -0.497 e. The molecule has 0 saturated heterocycles. The van der Waals surface area contributed by atoms with E-state index in [9.17, 15) is 9.59 Å². The fraction of sp³-hybridized carbons (Fsp3) is 0.238. The van der Waals surface area contributed by atoms with Crippen LogP contribution in [0.1, 0.15) is 22.8 Å². The second-order valence-electron chi connectivity index (χ2n) is 6.76. The number of carbonyl (C=O) groups is 1. The molecule has 0 unspecified atom stereocenters. The summed E-state index contributed by atoms with van der Waals surface area (Å²) in [5.41, 5.74) is 1.15. The van der Waals surface area contributed by atoms with Crippen molar-refractivity contribution in [3.63, 3.8) is 0 Å². The average Bonchev–Trinajstić information content (AvgIpc) is 2.69. The first-order chi connectivity index (χ1) is 13.5. The van der Waals surface area contributed by atoms with Gasteiger partial charge in [-0.05, 0) is 36.8 Å². The Balaban J connectivity index is 1.71. The van der Waals surface area contributed by atoms with Crippen LogP contribution in [0, 0.1) is 0 Å². The molecule has 0 fully saturated rings. The molecule has 1 amide bonds. The van der Waals surface area contributed by atoms with E-state index >= 15 is 0 Å². The number of halogens is 1. The molecule has 7 heteroatoms. The van der Waals surface area contributed by atoms with Gasteiger partial charge in [-0.2, -0.15) is 0 Å². The summed E-state index contributed by atoms with van der Waals surface area (Å²) in [6.45, 7) is 2.74. The third kappa shape index (κ3) is 3.20. The van der Waals surface area contributed by atoms with Gasteiger partial charge in [0, 0.05) is 12.7 Å². The highest BCUT2D eigenvalue weighted by molar-refractivity contribution is 6.35. The number of ether oxygens (including phenoxy) is 2. The summed E-state index contributed by atoms with van der Waals surface area (Å²) < 4.78 is 12.9. The summed E-state index contributed by atoms with van der Waals surface area (Å²) in [6.07, 6.45) is 1.51. The van der Waals surface area contributed by atoms with Crippen LogP contribution in [-0.4, -0.2) is 23.7 Å². The molecule has 0 bridgehead atoms. The van der Waals surface area contributed by atoms with Gasteiger partial charge in [-0.1, -0.05) is 23.7 Å². The Morgan fingerprint density at radius 1 is 1.36 bits per heavy atom. The van der Waals surface area contributed by atoms with Gasteiger partial charge >= 0.3 is 0 Å². The smallest absolute Gasteiger partial charge is 0.257 e. The number of rotatable bonds is 4. The molecule has 1 aliphatic heterocycles. The van der Waals surface area contributed by atoms with E-state index in [1.54, 1.807) is 25.4 Å². The molecule has 28 heavy (non-hydrogen) atoms. The number of aromatic nitrogens is 1. The maximum absolute atomic E-state index is 13.0. The minimum absolute atomic E-state index is 0.0588. The van der Waals surface area contributed by atoms with Gasteiger partial charge < -0.3 is 19.4 Å². The molecular weight excluding hydrogens is 380 g/mol. The van der Waals surface area contributed by atoms with Gasteiger partial charge in [0.1, 0.15) is 23.2 Å². The maximum Gasteiger partial charge on any atom is 0.257 e. The van der Waals surface area contributed by atoms with E-state index in [0.717, 1.165) is 5.56 Å². The van der Waals surface area contributed by atoms with Crippen LogP contribution in [0.15, 0.2) is 47.4 Å². The largest absolute Gasteiger partial charge is 0.497 e. The molecule has 2 aromatic carbocycles. The Kier molecular flexibility index (Phi) is 4.73. The Morgan fingerprint density at radius 3 is 2.96 bits per heavy atom. The number of hydrogen-bond donors (Lipinski definition) is 1. The van der Waals surface area contributed by atoms with Crippen LogP contribution < -0.4 is 20.2 Å². The summed E-state index contributed by atoms with van der Waals surface area (Å²) >= 11 is 6.29. The van der Waals surface area contributed by atoms with Gasteiger partial charge in [0.05, 0.1) is 29.6 Å². The summed E-state index contributed by atoms with van der Waals surface area (Å²) in [6, 6.07) is 10.8. The molecule has 1 atom stereocenters. The zero-order valence-electron chi connectivity index (χ0n) is 15.5. The molecule has 0 spiro atoms. The molecule has 4 rings (SSSR count). The van der Waals surface area contributed by atoms with Crippen molar-refractivity contribution in [3.8, 4) is 11.5 Å². The summed E-state index contributed by atoms with van der Waals surface area (Å²) in [7, 11) is 1.59. The van der Waals surface area contributed by atoms with E-state index in [1.165, 1.54) is 0 Å². The second kappa shape index (κ2) is 7.20. The van der Waals surface area contributed by atoms with Crippen molar-refractivity contribution in [2.45, 2.75) is 26.1 Å². The predicted molar refractivity (Wildman–Crippen MR) is 107 cm³/mol. The first-order valence-electron chi connectivity index (χ1n) is 8.91. The van der Waals surface area contributed by atoms with Crippen molar-refractivity contribution in [2.75, 3.05) is 7.11 Å². The number of pyridine rings is 1. The lowest BCUT2D eigenvalue weighted by Gasteiger charge is -2.26. The average molecular weight is 399 g/mol. The molecule has 1 aromatic heterocycles. The zero-order chi connectivity index (χ0) is 19.8. The van der Waals surface area contributed by atoms with Crippen LogP contribution in [-0.2, 0) is 13.1 Å². The second-order valence-corrected chi connectivity index (χ2v) is 7.16. The summed E-state index contributed by atoms with van der Waals surface area (Å²) in [4.78, 5) is 25.8. The number of methoxy groups -OCH3 is 1. The van der Waals surface area contributed by atoms with Crippen LogP contribution in [0.2, 0.25) is 5.02 Å². The number of hydrogen-bond acceptors (Lipinski definition) is 4. The fourth-order valence-electron chi connectivity index (χ4n) is 3.45. The van der Waals surface area contributed by atoms with E-state index in [-0.39, 0.29) is 18.2 Å². The molecule has 3 aromatic rings. The Morgan fingerprint density at radius 2 is 2.18 bits per heavy atom. The molecule has 1 aliphatic rings. The monoisotopic (exact) mass is 398 g/mol. The maximum atomic E-state index is 13.0. The quantitative estimate of drug-likeness (QED) is 0.731. The molecule has 0 radical (unpaired) electrons. The van der Waals surface area contributed by atoms with Crippen LogP contribution in [0.4, 0.5) is 0 Å². The van der Waals surface area contributed by atoms with Gasteiger partial charge in [-0.15, -0.1) is 0 Å². The fourth-order valence-corrected chi connectivity index (χ4v) is 3.69. The lowest BCUT2D eigenvalue weighted by molar-refractivity contribution is 0.0948. The van der Waals surface area contributed by atoms with Crippen LogP contribution in [0.25, 0.3) is 10.9 Å². The summed E-state index contributed by atoms with van der Waals surface area (Å²) in [5.74, 6) is 0.855. The number of amides is 1. The normalized spacial score (nSPS) is 15.2. The van der Waals surface area contributed by atoms with Crippen molar-refractivity contribution in [1.29, 1.82) is 0 Å². The van der Waals surface area contributed by atoms with Crippen LogP contribution in [0.5, 0.6) is 11.5 Å². The molecule has 6 nitrogen and oxygen atoms in total. The molecule has 144 valence electrons. The predicted octanol–water partition coefficient (Wildman–Crippen LogP) is 3.37. The third-order valence-electron chi connectivity index (χ3n) is 4.75. The number of benzene rings is 2. The molecular formula is C21H19ClN2O4. The highest BCUT2D eigenvalue weighted by Crippen LogP contribution is 2.33. The lowest BCUT2D eigenvalue weighted by Crippen LogP contribution is -2.32. The van der Waals surface area contributed by atoms with E-state index in [1.807, 2.05) is 35.8 Å².